The Hall–Kier alpha value is -1.57. The molecule has 1 aliphatic carbocycles. The molecule has 2 aromatic rings. The van der Waals surface area contributed by atoms with Gasteiger partial charge in [-0.25, -0.2) is 0 Å². The molecule has 0 radical (unpaired) electrons. The van der Waals surface area contributed by atoms with Crippen molar-refractivity contribution in [3.63, 3.8) is 0 Å². The second-order valence-corrected chi connectivity index (χ2v) is 3.90. The summed E-state index contributed by atoms with van der Waals surface area (Å²) in [4.78, 5) is 7.65. The average molecular weight is 184 g/mol. The number of pyridine rings is 1. The van der Waals surface area contributed by atoms with E-state index in [4.69, 9.17) is 0 Å². The molecule has 70 valence electrons. The quantitative estimate of drug-likeness (QED) is 0.763. The summed E-state index contributed by atoms with van der Waals surface area (Å²) < 4.78 is 0. The van der Waals surface area contributed by atoms with Gasteiger partial charge in [-0.2, -0.15) is 0 Å². The highest BCUT2D eigenvalue weighted by Gasteiger charge is 2.25. The summed E-state index contributed by atoms with van der Waals surface area (Å²) in [6, 6.07) is 2.22. The van der Waals surface area contributed by atoms with Crippen LogP contribution in [0.2, 0.25) is 0 Å². The Morgan fingerprint density at radius 2 is 2.29 bits per heavy atom. The van der Waals surface area contributed by atoms with Crippen LogP contribution in [0.5, 0.6) is 0 Å². The minimum Gasteiger partial charge on any atom is -0.358 e. The van der Waals surface area contributed by atoms with Crippen molar-refractivity contribution in [2.45, 2.75) is 18.8 Å². The SMILES string of the molecule is C=Cc1cncc2cc(C3CC3)[nH]c12. The molecule has 0 aliphatic heterocycles. The highest BCUT2D eigenvalue weighted by atomic mass is 14.8. The third kappa shape index (κ3) is 1.07. The van der Waals surface area contributed by atoms with Gasteiger partial charge in [0, 0.05) is 29.0 Å². The molecular formula is C12H12N2. The summed E-state index contributed by atoms with van der Waals surface area (Å²) in [5.41, 5.74) is 3.63. The van der Waals surface area contributed by atoms with Crippen LogP contribution in [0.15, 0.2) is 25.0 Å². The number of hydrogen-bond donors (Lipinski definition) is 1. The molecule has 14 heavy (non-hydrogen) atoms. The van der Waals surface area contributed by atoms with Crippen LogP contribution in [0.3, 0.4) is 0 Å². The highest BCUT2D eigenvalue weighted by molar-refractivity contribution is 5.87. The van der Waals surface area contributed by atoms with Gasteiger partial charge in [0.2, 0.25) is 0 Å². The van der Waals surface area contributed by atoms with Gasteiger partial charge in [0.25, 0.3) is 0 Å². The average Bonchev–Trinajstić information content (AvgIpc) is 2.97. The molecule has 2 heterocycles. The van der Waals surface area contributed by atoms with Crippen molar-refractivity contribution in [1.29, 1.82) is 0 Å². The van der Waals surface area contributed by atoms with Crippen LogP contribution in [-0.2, 0) is 0 Å². The molecule has 0 unspecified atom stereocenters. The largest absolute Gasteiger partial charge is 0.358 e. The molecule has 0 saturated heterocycles. The first-order valence-corrected chi connectivity index (χ1v) is 4.97. The molecule has 2 heteroatoms. The van der Waals surface area contributed by atoms with Crippen LogP contribution in [0.1, 0.15) is 30.0 Å². The number of nitrogens with zero attached hydrogens (tertiary/aromatic N) is 1. The lowest BCUT2D eigenvalue weighted by atomic mass is 10.2. The van der Waals surface area contributed by atoms with E-state index in [1.807, 2.05) is 18.5 Å². The third-order valence-corrected chi connectivity index (χ3v) is 2.82. The second kappa shape index (κ2) is 2.71. The Bertz CT molecular complexity index is 492. The molecule has 0 bridgehead atoms. The summed E-state index contributed by atoms with van der Waals surface area (Å²) in [5, 5.41) is 1.20. The zero-order valence-electron chi connectivity index (χ0n) is 7.96. The zero-order chi connectivity index (χ0) is 9.54. The van der Waals surface area contributed by atoms with Gasteiger partial charge in [-0.3, -0.25) is 4.98 Å². The maximum Gasteiger partial charge on any atom is 0.0560 e. The number of H-pyrrole nitrogens is 1. The smallest absolute Gasteiger partial charge is 0.0560 e. The normalized spacial score (nSPS) is 16.0. The molecule has 1 N–H and O–H groups in total. The van der Waals surface area contributed by atoms with Gasteiger partial charge in [0.05, 0.1) is 5.52 Å². The van der Waals surface area contributed by atoms with Gasteiger partial charge < -0.3 is 4.98 Å². The van der Waals surface area contributed by atoms with E-state index in [9.17, 15) is 0 Å². The van der Waals surface area contributed by atoms with Crippen molar-refractivity contribution in [2.24, 2.45) is 0 Å². The van der Waals surface area contributed by atoms with E-state index >= 15 is 0 Å². The van der Waals surface area contributed by atoms with Crippen LogP contribution in [0.25, 0.3) is 17.0 Å². The molecule has 2 aromatic heterocycles. The first kappa shape index (κ1) is 7.80. The molecule has 0 atom stereocenters. The van der Waals surface area contributed by atoms with Gasteiger partial charge in [-0.1, -0.05) is 12.7 Å². The highest BCUT2D eigenvalue weighted by Crippen LogP contribution is 2.40. The number of fused-ring (bicyclic) bond motifs is 1. The van der Waals surface area contributed by atoms with Crippen molar-refractivity contribution in [1.82, 2.24) is 9.97 Å². The van der Waals surface area contributed by atoms with Crippen LogP contribution in [-0.4, -0.2) is 9.97 Å². The topological polar surface area (TPSA) is 28.7 Å². The van der Waals surface area contributed by atoms with Gasteiger partial charge in [0.15, 0.2) is 0 Å². The Morgan fingerprint density at radius 3 is 3.00 bits per heavy atom. The fourth-order valence-electron chi connectivity index (χ4n) is 1.86. The number of hydrogen-bond acceptors (Lipinski definition) is 1. The number of nitrogens with one attached hydrogen (secondary N) is 1. The van der Waals surface area contributed by atoms with Crippen molar-refractivity contribution in [2.75, 3.05) is 0 Å². The summed E-state index contributed by atoms with van der Waals surface area (Å²) in [5.74, 6) is 0.764. The molecule has 1 fully saturated rings. The monoisotopic (exact) mass is 184 g/mol. The zero-order valence-corrected chi connectivity index (χ0v) is 7.96. The van der Waals surface area contributed by atoms with E-state index in [1.54, 1.807) is 0 Å². The predicted molar refractivity (Wildman–Crippen MR) is 58.2 cm³/mol. The lowest BCUT2D eigenvalue weighted by molar-refractivity contribution is 1.06. The van der Waals surface area contributed by atoms with Crippen LogP contribution < -0.4 is 0 Å². The molecule has 0 aromatic carbocycles. The van der Waals surface area contributed by atoms with Gasteiger partial charge in [-0.05, 0) is 24.8 Å². The Labute approximate surface area is 82.7 Å². The van der Waals surface area contributed by atoms with Crippen molar-refractivity contribution in [3.05, 3.63) is 36.3 Å². The van der Waals surface area contributed by atoms with Crippen molar-refractivity contribution in [3.8, 4) is 0 Å². The number of rotatable bonds is 2. The molecule has 0 amide bonds. The summed E-state index contributed by atoms with van der Waals surface area (Å²) in [6.07, 6.45) is 8.25. The Morgan fingerprint density at radius 1 is 1.43 bits per heavy atom. The minimum absolute atomic E-state index is 0.764. The fraction of sp³-hybridized carbons (Fsp3) is 0.250. The maximum atomic E-state index is 4.19. The van der Waals surface area contributed by atoms with Crippen molar-refractivity contribution < 1.29 is 0 Å². The minimum atomic E-state index is 0.764. The van der Waals surface area contributed by atoms with Crippen LogP contribution in [0.4, 0.5) is 0 Å². The van der Waals surface area contributed by atoms with Crippen LogP contribution in [0, 0.1) is 0 Å². The van der Waals surface area contributed by atoms with E-state index in [2.05, 4.69) is 22.6 Å². The van der Waals surface area contributed by atoms with Gasteiger partial charge in [-0.15, -0.1) is 0 Å². The maximum absolute atomic E-state index is 4.19. The van der Waals surface area contributed by atoms with Gasteiger partial charge in [0.1, 0.15) is 0 Å². The first-order valence-electron chi connectivity index (χ1n) is 4.97. The molecule has 3 rings (SSSR count). The number of aromatic amines is 1. The first-order chi connectivity index (χ1) is 6.88. The Balaban J connectivity index is 2.25. The summed E-state index contributed by atoms with van der Waals surface area (Å²) >= 11 is 0. The van der Waals surface area contributed by atoms with Crippen molar-refractivity contribution >= 4 is 17.0 Å². The standard InChI is InChI=1S/C12H12N2/c1-2-8-6-13-7-10-5-11(9-3-4-9)14-12(8)10/h2,5-7,9,14H,1,3-4H2. The van der Waals surface area contributed by atoms with E-state index in [0.717, 1.165) is 11.5 Å². The molecule has 2 nitrogen and oxygen atoms in total. The van der Waals surface area contributed by atoms with E-state index in [0.29, 0.717) is 0 Å². The lowest BCUT2D eigenvalue weighted by Gasteiger charge is -1.94. The van der Waals surface area contributed by atoms with E-state index in [1.165, 1.54) is 29.4 Å². The molecule has 1 aliphatic rings. The predicted octanol–water partition coefficient (Wildman–Crippen LogP) is 3.08. The summed E-state index contributed by atoms with van der Waals surface area (Å²) in [6.45, 7) is 3.79. The third-order valence-electron chi connectivity index (χ3n) is 2.82. The van der Waals surface area contributed by atoms with Crippen LogP contribution >= 0.6 is 0 Å². The fourth-order valence-corrected chi connectivity index (χ4v) is 1.86. The lowest BCUT2D eigenvalue weighted by Crippen LogP contribution is -1.79. The van der Waals surface area contributed by atoms with E-state index in [-0.39, 0.29) is 0 Å². The van der Waals surface area contributed by atoms with Gasteiger partial charge >= 0.3 is 0 Å². The summed E-state index contributed by atoms with van der Waals surface area (Å²) in [7, 11) is 0. The Kier molecular flexibility index (Phi) is 1.51. The second-order valence-electron chi connectivity index (χ2n) is 3.90. The van der Waals surface area contributed by atoms with E-state index < -0.39 is 0 Å². The molecule has 0 spiro atoms. The molecule has 1 saturated carbocycles. The number of aromatic nitrogens is 2. The molecular weight excluding hydrogens is 172 g/mol.